The number of nitrogens with two attached hydrogens (primary N) is 1. The van der Waals surface area contributed by atoms with Gasteiger partial charge in [0.15, 0.2) is 0 Å². The van der Waals surface area contributed by atoms with E-state index in [-0.39, 0.29) is 5.91 Å². The van der Waals surface area contributed by atoms with Gasteiger partial charge in [-0.15, -0.1) is 0 Å². The zero-order valence-corrected chi connectivity index (χ0v) is 14.2. The van der Waals surface area contributed by atoms with E-state index in [0.717, 1.165) is 11.1 Å². The Morgan fingerprint density at radius 2 is 1.77 bits per heavy atom. The Hall–Kier alpha value is -3.16. The maximum atomic E-state index is 12.0. The second-order valence-corrected chi connectivity index (χ2v) is 5.57. The molecule has 2 aromatic rings. The van der Waals surface area contributed by atoms with Crippen LogP contribution >= 0.6 is 0 Å². The number of hydroxylamine groups is 1. The predicted octanol–water partition coefficient (Wildman–Crippen LogP) is 1.31. The minimum absolute atomic E-state index is 0.187. The first-order chi connectivity index (χ1) is 12.6. The van der Waals surface area contributed by atoms with Gasteiger partial charge in [0.1, 0.15) is 0 Å². The molecule has 7 heteroatoms. The Kier molecular flexibility index (Phi) is 7.35. The molecule has 7 nitrogen and oxygen atoms in total. The third kappa shape index (κ3) is 6.04. The number of rotatable bonds is 8. The average Bonchev–Trinajstić information content (AvgIpc) is 2.67. The maximum Gasteiger partial charge on any atom is 0.267 e. The highest BCUT2D eigenvalue weighted by atomic mass is 16.5. The normalized spacial score (nSPS) is 10.7. The molecule has 26 heavy (non-hydrogen) atoms. The summed E-state index contributed by atoms with van der Waals surface area (Å²) in [4.78, 5) is 22.9. The summed E-state index contributed by atoms with van der Waals surface area (Å²) in [5.74, 6) is -0.761. The van der Waals surface area contributed by atoms with E-state index >= 15 is 0 Å². The molecule has 0 fully saturated rings. The number of carbonyl (C=O) groups is 2. The van der Waals surface area contributed by atoms with Gasteiger partial charge in [0.05, 0.1) is 5.56 Å². The topological polar surface area (TPSA) is 116 Å². The standard InChI is InChI=1S/C19H22N4O3/c20-17-4-2-1-3-16(17)19(25)22-12-11-21-13-15-7-5-14(6-8-15)9-10-18(24)23-26/h1-10,21,26H,11-13,20H2,(H,22,25)(H,23,24)/b10-9+. The smallest absolute Gasteiger partial charge is 0.267 e. The van der Waals surface area contributed by atoms with Gasteiger partial charge in [0.2, 0.25) is 0 Å². The molecule has 0 spiro atoms. The molecule has 0 radical (unpaired) electrons. The zero-order chi connectivity index (χ0) is 18.8. The van der Waals surface area contributed by atoms with Crippen molar-refractivity contribution in [3.8, 4) is 0 Å². The molecule has 2 rings (SSSR count). The number of hydrogen-bond donors (Lipinski definition) is 5. The van der Waals surface area contributed by atoms with Crippen LogP contribution in [0.4, 0.5) is 5.69 Å². The fraction of sp³-hybridized carbons (Fsp3) is 0.158. The highest BCUT2D eigenvalue weighted by Gasteiger charge is 2.07. The second kappa shape index (κ2) is 9.97. The van der Waals surface area contributed by atoms with Crippen LogP contribution in [0.3, 0.4) is 0 Å². The zero-order valence-electron chi connectivity index (χ0n) is 14.2. The van der Waals surface area contributed by atoms with Crippen molar-refractivity contribution >= 4 is 23.6 Å². The number of para-hydroxylation sites is 1. The van der Waals surface area contributed by atoms with E-state index in [4.69, 9.17) is 10.9 Å². The molecule has 6 N–H and O–H groups in total. The van der Waals surface area contributed by atoms with Gasteiger partial charge in [0, 0.05) is 31.4 Å². The number of benzene rings is 2. The average molecular weight is 354 g/mol. The van der Waals surface area contributed by atoms with E-state index < -0.39 is 5.91 Å². The van der Waals surface area contributed by atoms with Crippen LogP contribution in [0, 0.1) is 0 Å². The van der Waals surface area contributed by atoms with Crippen LogP contribution < -0.4 is 21.8 Å². The molecule has 0 aliphatic heterocycles. The van der Waals surface area contributed by atoms with Gasteiger partial charge in [-0.1, -0.05) is 36.4 Å². The second-order valence-electron chi connectivity index (χ2n) is 5.57. The Balaban J connectivity index is 1.70. The van der Waals surface area contributed by atoms with Gasteiger partial charge in [-0.25, -0.2) is 5.48 Å². The van der Waals surface area contributed by atoms with Crippen LogP contribution in [0.15, 0.2) is 54.6 Å². The summed E-state index contributed by atoms with van der Waals surface area (Å²) in [6, 6.07) is 14.6. The molecule has 136 valence electrons. The molecule has 0 bridgehead atoms. The van der Waals surface area contributed by atoms with Gasteiger partial charge < -0.3 is 16.4 Å². The fourth-order valence-corrected chi connectivity index (χ4v) is 2.25. The third-order valence-corrected chi connectivity index (χ3v) is 3.64. The van der Waals surface area contributed by atoms with Crippen LogP contribution in [0.1, 0.15) is 21.5 Å². The summed E-state index contributed by atoms with van der Waals surface area (Å²) in [6.45, 7) is 1.77. The molecule has 0 aliphatic rings. The Morgan fingerprint density at radius 3 is 2.46 bits per heavy atom. The van der Waals surface area contributed by atoms with Crippen LogP contribution in [0.5, 0.6) is 0 Å². The molecule has 2 aromatic carbocycles. The Bertz CT molecular complexity index is 773. The van der Waals surface area contributed by atoms with Gasteiger partial charge in [0.25, 0.3) is 11.8 Å². The minimum Gasteiger partial charge on any atom is -0.398 e. The number of anilines is 1. The predicted molar refractivity (Wildman–Crippen MR) is 100 cm³/mol. The summed E-state index contributed by atoms with van der Waals surface area (Å²) >= 11 is 0. The molecule has 0 aromatic heterocycles. The SMILES string of the molecule is Nc1ccccc1C(=O)NCCNCc1ccc(/C=C/C(=O)NO)cc1. The number of hydrogen-bond acceptors (Lipinski definition) is 5. The minimum atomic E-state index is -0.574. The van der Waals surface area contributed by atoms with Crippen molar-refractivity contribution in [1.82, 2.24) is 16.1 Å². The van der Waals surface area contributed by atoms with E-state index in [1.54, 1.807) is 30.3 Å². The van der Waals surface area contributed by atoms with E-state index in [1.165, 1.54) is 11.6 Å². The number of nitrogens with one attached hydrogen (secondary N) is 3. The van der Waals surface area contributed by atoms with Crippen LogP contribution in [-0.4, -0.2) is 30.1 Å². The first-order valence-corrected chi connectivity index (χ1v) is 8.14. The van der Waals surface area contributed by atoms with E-state index in [9.17, 15) is 9.59 Å². The van der Waals surface area contributed by atoms with Crippen molar-refractivity contribution in [1.29, 1.82) is 0 Å². The molecular weight excluding hydrogens is 332 g/mol. The summed E-state index contributed by atoms with van der Waals surface area (Å²) in [5.41, 5.74) is 10.2. The maximum absolute atomic E-state index is 12.0. The summed E-state index contributed by atoms with van der Waals surface area (Å²) in [6.07, 6.45) is 2.85. The van der Waals surface area contributed by atoms with Crippen molar-refractivity contribution in [3.05, 3.63) is 71.3 Å². The largest absolute Gasteiger partial charge is 0.398 e. The molecular formula is C19H22N4O3. The van der Waals surface area contributed by atoms with Crippen molar-refractivity contribution in [2.24, 2.45) is 0 Å². The van der Waals surface area contributed by atoms with Crippen LogP contribution in [0.2, 0.25) is 0 Å². The third-order valence-electron chi connectivity index (χ3n) is 3.64. The highest BCUT2D eigenvalue weighted by Crippen LogP contribution is 2.09. The van der Waals surface area contributed by atoms with Crippen molar-refractivity contribution < 1.29 is 14.8 Å². The van der Waals surface area contributed by atoms with E-state index in [1.807, 2.05) is 24.3 Å². The summed E-state index contributed by atoms with van der Waals surface area (Å²) < 4.78 is 0. The monoisotopic (exact) mass is 354 g/mol. The van der Waals surface area contributed by atoms with Gasteiger partial charge in [-0.05, 0) is 29.3 Å². The lowest BCUT2D eigenvalue weighted by Gasteiger charge is -2.08. The molecule has 0 heterocycles. The lowest BCUT2D eigenvalue weighted by atomic mass is 10.1. The molecule has 0 atom stereocenters. The number of carbonyl (C=O) groups excluding carboxylic acids is 2. The number of nitrogen functional groups attached to an aromatic ring is 1. The van der Waals surface area contributed by atoms with Gasteiger partial charge >= 0.3 is 0 Å². The van der Waals surface area contributed by atoms with Crippen LogP contribution in [-0.2, 0) is 11.3 Å². The van der Waals surface area contributed by atoms with E-state index in [2.05, 4.69) is 10.6 Å². The fourth-order valence-electron chi connectivity index (χ4n) is 2.25. The van der Waals surface area contributed by atoms with Crippen LogP contribution in [0.25, 0.3) is 6.08 Å². The lowest BCUT2D eigenvalue weighted by Crippen LogP contribution is -2.32. The molecule has 0 aliphatic carbocycles. The molecule has 0 unspecified atom stereocenters. The molecule has 0 saturated carbocycles. The quantitative estimate of drug-likeness (QED) is 0.161. The first kappa shape index (κ1) is 19.2. The van der Waals surface area contributed by atoms with Crippen molar-refractivity contribution in [3.63, 3.8) is 0 Å². The van der Waals surface area contributed by atoms with Gasteiger partial charge in [-0.2, -0.15) is 0 Å². The van der Waals surface area contributed by atoms with Crippen molar-refractivity contribution in [2.75, 3.05) is 18.8 Å². The summed E-state index contributed by atoms with van der Waals surface area (Å²) in [7, 11) is 0. The van der Waals surface area contributed by atoms with Gasteiger partial charge in [-0.3, -0.25) is 14.8 Å². The molecule has 2 amide bonds. The van der Waals surface area contributed by atoms with Crippen molar-refractivity contribution in [2.45, 2.75) is 6.54 Å². The van der Waals surface area contributed by atoms with E-state index in [0.29, 0.717) is 30.9 Å². The highest BCUT2D eigenvalue weighted by molar-refractivity contribution is 5.99. The number of amides is 2. The Labute approximate surface area is 151 Å². The summed E-state index contributed by atoms with van der Waals surface area (Å²) in [5, 5.41) is 14.5. The lowest BCUT2D eigenvalue weighted by molar-refractivity contribution is -0.124. The molecule has 0 saturated heterocycles. The Morgan fingerprint density at radius 1 is 1.04 bits per heavy atom. The first-order valence-electron chi connectivity index (χ1n) is 8.14.